The largest absolute Gasteiger partial charge is 0.320 e. The van der Waals surface area contributed by atoms with Crippen LogP contribution in [-0.2, 0) is 4.79 Å². The van der Waals surface area contributed by atoms with Crippen molar-refractivity contribution in [2.24, 2.45) is 0 Å². The monoisotopic (exact) mass is 264 g/mol. The van der Waals surface area contributed by atoms with Gasteiger partial charge in [-0.25, -0.2) is 0 Å². The van der Waals surface area contributed by atoms with Crippen molar-refractivity contribution in [1.82, 2.24) is 4.57 Å². The summed E-state index contributed by atoms with van der Waals surface area (Å²) in [6.07, 6.45) is 2.40. The second-order valence-corrected chi connectivity index (χ2v) is 4.39. The number of nitrogens with zero attached hydrogens (tertiary/aromatic N) is 1. The molecule has 0 bridgehead atoms. The lowest BCUT2D eigenvalue weighted by atomic mass is 10.2. The smallest absolute Gasteiger partial charge is 0.255 e. The average Bonchev–Trinajstić information content (AvgIpc) is 2.92. The molecule has 20 heavy (non-hydrogen) atoms. The first-order chi connectivity index (χ1) is 9.79. The number of nitrogens with one attached hydrogen (secondary N) is 1. The van der Waals surface area contributed by atoms with E-state index in [2.05, 4.69) is 5.32 Å². The zero-order valence-corrected chi connectivity index (χ0v) is 10.6. The Morgan fingerprint density at radius 2 is 1.80 bits per heavy atom. The van der Waals surface area contributed by atoms with E-state index in [9.17, 15) is 9.59 Å². The Hall–Kier alpha value is -2.88. The molecule has 0 saturated carbocycles. The van der Waals surface area contributed by atoms with Crippen molar-refractivity contribution < 1.29 is 9.59 Å². The molecule has 0 aliphatic heterocycles. The predicted octanol–water partition coefficient (Wildman–Crippen LogP) is 2.93. The van der Waals surface area contributed by atoms with Crippen LogP contribution in [0.2, 0.25) is 0 Å². The fourth-order valence-electron chi connectivity index (χ4n) is 2.19. The number of aromatic nitrogens is 1. The third-order valence-corrected chi connectivity index (χ3v) is 3.14. The van der Waals surface area contributed by atoms with Crippen LogP contribution >= 0.6 is 0 Å². The van der Waals surface area contributed by atoms with Crippen LogP contribution in [-0.4, -0.2) is 16.9 Å². The van der Waals surface area contributed by atoms with Crippen LogP contribution < -0.4 is 5.32 Å². The van der Waals surface area contributed by atoms with Gasteiger partial charge in [0.1, 0.15) is 0 Å². The van der Waals surface area contributed by atoms with Crippen LogP contribution in [0.3, 0.4) is 0 Å². The van der Waals surface area contributed by atoms with Gasteiger partial charge in [0.15, 0.2) is 0 Å². The van der Waals surface area contributed by atoms with Gasteiger partial charge in [-0.1, -0.05) is 30.3 Å². The summed E-state index contributed by atoms with van der Waals surface area (Å²) < 4.78 is 1.45. The van der Waals surface area contributed by atoms with Crippen molar-refractivity contribution >= 4 is 28.9 Å². The molecule has 4 nitrogen and oxygen atoms in total. The van der Waals surface area contributed by atoms with Crippen molar-refractivity contribution in [1.29, 1.82) is 0 Å². The number of carbonyl (C=O) groups excluding carboxylic acids is 2. The molecule has 0 atom stereocenters. The molecule has 3 rings (SSSR count). The standard InChI is InChI=1S/C16H12N2O2/c19-11-18-10-9-12-7-4-8-14(15(12)18)17-16(20)13-5-2-1-3-6-13/h1-11H,(H,17,20). The van der Waals surface area contributed by atoms with E-state index in [4.69, 9.17) is 0 Å². The van der Waals surface area contributed by atoms with Crippen LogP contribution in [0, 0.1) is 0 Å². The summed E-state index contributed by atoms with van der Waals surface area (Å²) in [4.78, 5) is 23.2. The molecule has 3 aromatic rings. The van der Waals surface area contributed by atoms with Crippen LogP contribution in [0.15, 0.2) is 60.8 Å². The second kappa shape index (κ2) is 5.01. The van der Waals surface area contributed by atoms with Crippen molar-refractivity contribution in [2.75, 3.05) is 5.32 Å². The van der Waals surface area contributed by atoms with Crippen LogP contribution in [0.25, 0.3) is 10.9 Å². The molecule has 0 aliphatic rings. The molecule has 0 radical (unpaired) electrons. The second-order valence-electron chi connectivity index (χ2n) is 4.39. The molecule has 98 valence electrons. The molecular formula is C16H12N2O2. The lowest BCUT2D eigenvalue weighted by Crippen LogP contribution is -2.12. The Kier molecular flexibility index (Phi) is 3.05. The van der Waals surface area contributed by atoms with E-state index in [-0.39, 0.29) is 5.91 Å². The third kappa shape index (κ3) is 2.07. The zero-order chi connectivity index (χ0) is 13.9. The SMILES string of the molecule is O=Cn1ccc2cccc(NC(=O)c3ccccc3)c21. The quantitative estimate of drug-likeness (QED) is 0.739. The Bertz CT molecular complexity index is 776. The molecule has 1 amide bonds. The zero-order valence-electron chi connectivity index (χ0n) is 10.6. The highest BCUT2D eigenvalue weighted by atomic mass is 16.1. The minimum absolute atomic E-state index is 0.197. The summed E-state index contributed by atoms with van der Waals surface area (Å²) in [6, 6.07) is 16.3. The van der Waals surface area contributed by atoms with E-state index in [1.54, 1.807) is 24.4 Å². The Labute approximate surface area is 115 Å². The van der Waals surface area contributed by atoms with E-state index in [0.717, 1.165) is 11.8 Å². The van der Waals surface area contributed by atoms with Crippen LogP contribution in [0.4, 0.5) is 5.69 Å². The fourth-order valence-corrected chi connectivity index (χ4v) is 2.19. The predicted molar refractivity (Wildman–Crippen MR) is 78.5 cm³/mol. The molecule has 1 aromatic heterocycles. The number of hydrogen-bond acceptors (Lipinski definition) is 2. The summed E-state index contributed by atoms with van der Waals surface area (Å²) in [5, 5.41) is 3.75. The first-order valence-electron chi connectivity index (χ1n) is 6.21. The van der Waals surface area contributed by atoms with Gasteiger partial charge in [0.05, 0.1) is 11.2 Å². The lowest BCUT2D eigenvalue weighted by Gasteiger charge is -2.08. The highest BCUT2D eigenvalue weighted by Crippen LogP contribution is 2.24. The molecule has 0 saturated heterocycles. The fraction of sp³-hybridized carbons (Fsp3) is 0. The van der Waals surface area contributed by atoms with Crippen molar-refractivity contribution in [3.63, 3.8) is 0 Å². The Balaban J connectivity index is 2.01. The minimum atomic E-state index is -0.197. The van der Waals surface area contributed by atoms with Gasteiger partial charge in [0.2, 0.25) is 6.41 Å². The number of amides is 1. The number of rotatable bonds is 3. The Morgan fingerprint density at radius 1 is 1.00 bits per heavy atom. The maximum atomic E-state index is 12.2. The molecule has 0 aliphatic carbocycles. The number of anilines is 1. The van der Waals surface area contributed by atoms with E-state index in [1.165, 1.54) is 4.57 Å². The molecule has 0 fully saturated rings. The molecule has 1 heterocycles. The van der Waals surface area contributed by atoms with E-state index in [1.807, 2.05) is 36.4 Å². The number of hydrogen-bond donors (Lipinski definition) is 1. The van der Waals surface area contributed by atoms with Gasteiger partial charge in [-0.3, -0.25) is 14.2 Å². The van der Waals surface area contributed by atoms with E-state index < -0.39 is 0 Å². The first kappa shape index (κ1) is 12.2. The molecular weight excluding hydrogens is 252 g/mol. The van der Waals surface area contributed by atoms with Crippen molar-refractivity contribution in [3.05, 3.63) is 66.4 Å². The van der Waals surface area contributed by atoms with Gasteiger partial charge in [0, 0.05) is 17.1 Å². The Morgan fingerprint density at radius 3 is 2.55 bits per heavy atom. The number of para-hydroxylation sites is 1. The highest BCUT2D eigenvalue weighted by Gasteiger charge is 2.10. The summed E-state index contributed by atoms with van der Waals surface area (Å²) in [5.74, 6) is -0.197. The highest BCUT2D eigenvalue weighted by molar-refractivity contribution is 6.09. The van der Waals surface area contributed by atoms with Crippen molar-refractivity contribution in [3.8, 4) is 0 Å². The topological polar surface area (TPSA) is 51.1 Å². The maximum Gasteiger partial charge on any atom is 0.255 e. The first-order valence-corrected chi connectivity index (χ1v) is 6.21. The lowest BCUT2D eigenvalue weighted by molar-refractivity contribution is 0.102. The molecule has 2 aromatic carbocycles. The minimum Gasteiger partial charge on any atom is -0.320 e. The van der Waals surface area contributed by atoms with Gasteiger partial charge < -0.3 is 5.32 Å². The van der Waals surface area contributed by atoms with Gasteiger partial charge in [-0.2, -0.15) is 0 Å². The van der Waals surface area contributed by atoms with Gasteiger partial charge in [0.25, 0.3) is 5.91 Å². The summed E-state index contributed by atoms with van der Waals surface area (Å²) in [7, 11) is 0. The van der Waals surface area contributed by atoms with Crippen molar-refractivity contribution in [2.45, 2.75) is 0 Å². The van der Waals surface area contributed by atoms with Gasteiger partial charge >= 0.3 is 0 Å². The number of benzene rings is 2. The van der Waals surface area contributed by atoms with Crippen LogP contribution in [0.1, 0.15) is 10.4 Å². The van der Waals surface area contributed by atoms with Gasteiger partial charge in [-0.15, -0.1) is 0 Å². The van der Waals surface area contributed by atoms with E-state index >= 15 is 0 Å². The number of carbonyl (C=O) groups is 2. The van der Waals surface area contributed by atoms with Crippen LogP contribution in [0.5, 0.6) is 0 Å². The molecule has 1 N–H and O–H groups in total. The normalized spacial score (nSPS) is 10.4. The maximum absolute atomic E-state index is 12.2. The average molecular weight is 264 g/mol. The third-order valence-electron chi connectivity index (χ3n) is 3.14. The summed E-state index contributed by atoms with van der Waals surface area (Å²) in [5.41, 5.74) is 1.90. The molecule has 0 unspecified atom stereocenters. The molecule has 0 spiro atoms. The van der Waals surface area contributed by atoms with Gasteiger partial charge in [-0.05, 0) is 24.3 Å². The molecule has 4 heteroatoms. The summed E-state index contributed by atoms with van der Waals surface area (Å²) >= 11 is 0. The number of fused-ring (bicyclic) bond motifs is 1. The summed E-state index contributed by atoms with van der Waals surface area (Å²) in [6.45, 7) is 0. The van der Waals surface area contributed by atoms with E-state index in [0.29, 0.717) is 16.8 Å².